The normalized spacial score (nSPS) is 11.0. The van der Waals surface area contributed by atoms with Gasteiger partial charge in [-0.15, -0.1) is 23.1 Å². The third-order valence-corrected chi connectivity index (χ3v) is 6.35. The minimum atomic E-state index is 1.00. The van der Waals surface area contributed by atoms with Crippen molar-refractivity contribution in [2.45, 2.75) is 10.6 Å². The molecule has 0 saturated heterocycles. The van der Waals surface area contributed by atoms with Crippen LogP contribution in [0.25, 0.3) is 20.5 Å². The topological polar surface area (TPSA) is 0 Å². The molecular formula is C21H16S2. The molecule has 0 aliphatic rings. The zero-order valence-electron chi connectivity index (χ0n) is 12.6. The molecule has 0 unspecified atom stereocenters. The SMILES string of the molecule is c1ccc(CSc2c(-c3ccccc3)sc3ccccc23)cc1. The van der Waals surface area contributed by atoms with E-state index in [4.69, 9.17) is 0 Å². The number of hydrogen-bond acceptors (Lipinski definition) is 2. The van der Waals surface area contributed by atoms with Crippen molar-refractivity contribution in [3.8, 4) is 10.4 Å². The summed E-state index contributed by atoms with van der Waals surface area (Å²) in [5.74, 6) is 1.00. The predicted octanol–water partition coefficient (Wildman–Crippen LogP) is 6.86. The quantitative estimate of drug-likeness (QED) is 0.368. The first-order chi connectivity index (χ1) is 11.4. The lowest BCUT2D eigenvalue weighted by atomic mass is 10.1. The summed E-state index contributed by atoms with van der Waals surface area (Å²) in [5, 5.41) is 1.37. The number of hydrogen-bond donors (Lipinski definition) is 0. The summed E-state index contributed by atoms with van der Waals surface area (Å²) < 4.78 is 1.36. The molecule has 1 aromatic heterocycles. The zero-order valence-corrected chi connectivity index (χ0v) is 14.2. The molecule has 0 atom stereocenters. The van der Waals surface area contributed by atoms with Gasteiger partial charge in [0.15, 0.2) is 0 Å². The Morgan fingerprint density at radius 1 is 0.696 bits per heavy atom. The molecular weight excluding hydrogens is 316 g/mol. The van der Waals surface area contributed by atoms with Crippen LogP contribution in [0.2, 0.25) is 0 Å². The van der Waals surface area contributed by atoms with Gasteiger partial charge in [0.25, 0.3) is 0 Å². The van der Waals surface area contributed by atoms with Gasteiger partial charge < -0.3 is 0 Å². The Hall–Kier alpha value is -2.03. The van der Waals surface area contributed by atoms with Crippen LogP contribution in [0.5, 0.6) is 0 Å². The molecule has 0 saturated carbocycles. The minimum absolute atomic E-state index is 1.00. The molecule has 0 aliphatic heterocycles. The largest absolute Gasteiger partial charge is 0.134 e. The standard InChI is InChI=1S/C21H16S2/c1-3-9-16(10-4-1)15-22-21-18-13-7-8-14-19(18)23-20(21)17-11-5-2-6-12-17/h1-14H,15H2. The van der Waals surface area contributed by atoms with E-state index in [1.165, 1.54) is 31.0 Å². The highest BCUT2D eigenvalue weighted by Gasteiger charge is 2.14. The van der Waals surface area contributed by atoms with Gasteiger partial charge in [0.1, 0.15) is 0 Å². The number of thiophene rings is 1. The average molecular weight is 332 g/mol. The lowest BCUT2D eigenvalue weighted by Crippen LogP contribution is -1.81. The van der Waals surface area contributed by atoms with Crippen molar-refractivity contribution in [1.82, 2.24) is 0 Å². The number of benzene rings is 3. The van der Waals surface area contributed by atoms with Gasteiger partial charge in [0.2, 0.25) is 0 Å². The third-order valence-electron chi connectivity index (χ3n) is 3.81. The maximum absolute atomic E-state index is 2.24. The molecule has 23 heavy (non-hydrogen) atoms. The molecule has 112 valence electrons. The summed E-state index contributed by atoms with van der Waals surface area (Å²) in [6, 6.07) is 30.1. The number of thioether (sulfide) groups is 1. The van der Waals surface area contributed by atoms with Gasteiger partial charge in [0, 0.05) is 25.6 Å². The van der Waals surface area contributed by atoms with E-state index < -0.39 is 0 Å². The minimum Gasteiger partial charge on any atom is -0.134 e. The molecule has 0 radical (unpaired) electrons. The third kappa shape index (κ3) is 3.05. The zero-order chi connectivity index (χ0) is 15.5. The van der Waals surface area contributed by atoms with E-state index in [0.717, 1.165) is 5.75 Å². The van der Waals surface area contributed by atoms with Crippen molar-refractivity contribution in [1.29, 1.82) is 0 Å². The van der Waals surface area contributed by atoms with E-state index in [9.17, 15) is 0 Å². The van der Waals surface area contributed by atoms with Gasteiger partial charge in [-0.1, -0.05) is 78.9 Å². The van der Waals surface area contributed by atoms with Crippen LogP contribution in [0.1, 0.15) is 5.56 Å². The van der Waals surface area contributed by atoms with Crippen molar-refractivity contribution in [3.63, 3.8) is 0 Å². The maximum atomic E-state index is 2.24. The Bertz CT molecular complexity index is 908. The summed E-state index contributed by atoms with van der Waals surface area (Å²) in [7, 11) is 0. The molecule has 0 amide bonds. The fraction of sp³-hybridized carbons (Fsp3) is 0.0476. The molecule has 0 N–H and O–H groups in total. The Labute approximate surface area is 144 Å². The van der Waals surface area contributed by atoms with Crippen LogP contribution in [0.3, 0.4) is 0 Å². The summed E-state index contributed by atoms with van der Waals surface area (Å²) in [6.07, 6.45) is 0. The summed E-state index contributed by atoms with van der Waals surface area (Å²) in [4.78, 5) is 2.79. The van der Waals surface area contributed by atoms with Crippen molar-refractivity contribution >= 4 is 33.2 Å². The summed E-state index contributed by atoms with van der Waals surface area (Å²) in [6.45, 7) is 0. The van der Waals surface area contributed by atoms with Crippen LogP contribution in [-0.4, -0.2) is 0 Å². The second kappa shape index (κ2) is 6.61. The molecule has 0 nitrogen and oxygen atoms in total. The molecule has 1 heterocycles. The van der Waals surface area contributed by atoms with E-state index >= 15 is 0 Å². The lowest BCUT2D eigenvalue weighted by Gasteiger charge is -2.05. The smallest absolute Gasteiger partial charge is 0.0491 e. The van der Waals surface area contributed by atoms with Crippen LogP contribution in [-0.2, 0) is 5.75 Å². The van der Waals surface area contributed by atoms with Gasteiger partial charge in [0.05, 0.1) is 0 Å². The van der Waals surface area contributed by atoms with Gasteiger partial charge >= 0.3 is 0 Å². The number of fused-ring (bicyclic) bond motifs is 1. The molecule has 0 aliphatic carbocycles. The molecule has 4 rings (SSSR count). The molecule has 0 fully saturated rings. The van der Waals surface area contributed by atoms with Gasteiger partial charge in [-0.25, -0.2) is 0 Å². The molecule has 0 bridgehead atoms. The van der Waals surface area contributed by atoms with Gasteiger partial charge in [-0.05, 0) is 17.2 Å². The summed E-state index contributed by atoms with van der Waals surface area (Å²) >= 11 is 3.83. The van der Waals surface area contributed by atoms with Crippen molar-refractivity contribution in [3.05, 3.63) is 90.5 Å². The fourth-order valence-corrected chi connectivity index (χ4v) is 5.23. The Morgan fingerprint density at radius 3 is 2.13 bits per heavy atom. The number of rotatable bonds is 4. The van der Waals surface area contributed by atoms with E-state index in [2.05, 4.69) is 84.9 Å². The van der Waals surface area contributed by atoms with E-state index in [-0.39, 0.29) is 0 Å². The van der Waals surface area contributed by atoms with Crippen molar-refractivity contribution in [2.24, 2.45) is 0 Å². The Kier molecular flexibility index (Phi) is 4.18. The first-order valence-electron chi connectivity index (χ1n) is 7.65. The van der Waals surface area contributed by atoms with E-state index in [1.807, 2.05) is 23.1 Å². The highest BCUT2D eigenvalue weighted by Crippen LogP contribution is 2.44. The highest BCUT2D eigenvalue weighted by atomic mass is 32.2. The Balaban J connectivity index is 1.77. The molecule has 0 spiro atoms. The second-order valence-electron chi connectivity index (χ2n) is 5.40. The van der Waals surface area contributed by atoms with Crippen LogP contribution >= 0.6 is 23.1 Å². The van der Waals surface area contributed by atoms with Crippen molar-refractivity contribution in [2.75, 3.05) is 0 Å². The summed E-state index contributed by atoms with van der Waals surface area (Å²) in [5.41, 5.74) is 2.68. The fourth-order valence-electron chi connectivity index (χ4n) is 2.67. The molecule has 3 aromatic carbocycles. The molecule has 4 aromatic rings. The monoisotopic (exact) mass is 332 g/mol. The first kappa shape index (κ1) is 14.6. The van der Waals surface area contributed by atoms with Crippen LogP contribution in [0.4, 0.5) is 0 Å². The molecule has 2 heteroatoms. The van der Waals surface area contributed by atoms with Gasteiger partial charge in [-0.3, -0.25) is 0 Å². The second-order valence-corrected chi connectivity index (χ2v) is 7.43. The first-order valence-corrected chi connectivity index (χ1v) is 9.46. The van der Waals surface area contributed by atoms with E-state index in [0.29, 0.717) is 0 Å². The van der Waals surface area contributed by atoms with Crippen LogP contribution in [0.15, 0.2) is 89.8 Å². The predicted molar refractivity (Wildman–Crippen MR) is 103 cm³/mol. The van der Waals surface area contributed by atoms with Crippen LogP contribution < -0.4 is 0 Å². The van der Waals surface area contributed by atoms with E-state index in [1.54, 1.807) is 0 Å². The van der Waals surface area contributed by atoms with Gasteiger partial charge in [-0.2, -0.15) is 0 Å². The van der Waals surface area contributed by atoms with Crippen LogP contribution in [0, 0.1) is 0 Å². The van der Waals surface area contributed by atoms with Crippen molar-refractivity contribution < 1.29 is 0 Å². The average Bonchev–Trinajstić information content (AvgIpc) is 3.00. The highest BCUT2D eigenvalue weighted by molar-refractivity contribution is 7.99. The Morgan fingerprint density at radius 2 is 1.35 bits per heavy atom. The maximum Gasteiger partial charge on any atom is 0.0491 e. The lowest BCUT2D eigenvalue weighted by molar-refractivity contribution is 1.41.